The molecule has 2 aliphatic rings. The molecule has 5 rings (SSSR count). The van der Waals surface area contributed by atoms with E-state index in [1.807, 2.05) is 48.7 Å². The predicted octanol–water partition coefficient (Wildman–Crippen LogP) is 1.81. The van der Waals surface area contributed by atoms with Crippen LogP contribution in [-0.2, 0) is 16.0 Å². The molecule has 0 saturated carbocycles. The summed E-state index contributed by atoms with van der Waals surface area (Å²) in [7, 11) is 0. The number of aromatic nitrogens is 1. The van der Waals surface area contributed by atoms with E-state index in [2.05, 4.69) is 21.3 Å². The van der Waals surface area contributed by atoms with E-state index in [0.29, 0.717) is 50.8 Å². The van der Waals surface area contributed by atoms with Crippen molar-refractivity contribution in [3.63, 3.8) is 0 Å². The third kappa shape index (κ3) is 4.80. The van der Waals surface area contributed by atoms with Gasteiger partial charge in [-0.2, -0.15) is 0 Å². The molecule has 0 spiro atoms. The smallest absolute Gasteiger partial charge is 0.267 e. The number of amides is 2. The summed E-state index contributed by atoms with van der Waals surface area (Å²) in [5.41, 5.74) is 2.32. The highest BCUT2D eigenvalue weighted by Gasteiger charge is 2.32. The highest BCUT2D eigenvalue weighted by molar-refractivity contribution is 5.83. The van der Waals surface area contributed by atoms with Crippen molar-refractivity contribution in [2.45, 2.75) is 12.5 Å². The fourth-order valence-corrected chi connectivity index (χ4v) is 4.41. The number of aromatic amines is 1. The van der Waals surface area contributed by atoms with E-state index >= 15 is 0 Å². The highest BCUT2D eigenvalue weighted by Crippen LogP contribution is 2.31. The van der Waals surface area contributed by atoms with E-state index in [1.54, 1.807) is 4.90 Å². The van der Waals surface area contributed by atoms with Crippen LogP contribution in [0.4, 0.5) is 0 Å². The Balaban J connectivity index is 1.04. The van der Waals surface area contributed by atoms with Crippen LogP contribution in [0.1, 0.15) is 5.56 Å². The lowest BCUT2D eigenvalue weighted by molar-refractivity contribution is -0.143. The second kappa shape index (κ2) is 9.54. The fraction of sp³-hybridized carbons (Fsp3) is 0.360. The number of benzene rings is 2. The van der Waals surface area contributed by atoms with Crippen molar-refractivity contribution in [1.29, 1.82) is 0 Å². The van der Waals surface area contributed by atoms with Crippen molar-refractivity contribution < 1.29 is 19.1 Å². The van der Waals surface area contributed by atoms with Crippen LogP contribution in [0.3, 0.4) is 0 Å². The predicted molar refractivity (Wildman–Crippen MR) is 124 cm³/mol. The Morgan fingerprint density at radius 2 is 1.76 bits per heavy atom. The molecule has 0 bridgehead atoms. The van der Waals surface area contributed by atoms with Crippen LogP contribution in [0, 0.1) is 0 Å². The molecule has 2 aliphatic heterocycles. The molecule has 3 aromatic rings. The van der Waals surface area contributed by atoms with E-state index in [4.69, 9.17) is 9.47 Å². The maximum Gasteiger partial charge on any atom is 0.267 e. The Hall–Kier alpha value is -3.52. The minimum atomic E-state index is -0.626. The lowest BCUT2D eigenvalue weighted by atomic mass is 10.1. The van der Waals surface area contributed by atoms with Gasteiger partial charge in [-0.3, -0.25) is 14.5 Å². The zero-order valence-corrected chi connectivity index (χ0v) is 18.5. The standard InChI is InChI=1S/C25H28N4O4/c30-24(26-10-9-18-15-27-20-6-2-1-5-19(18)20)16-28-11-13-29(14-12-28)25(31)23-17-32-21-7-3-4-8-22(21)33-23/h1-8,15,23,27H,9-14,16-17H2,(H,26,30). The Kier molecular flexibility index (Phi) is 6.17. The van der Waals surface area contributed by atoms with E-state index in [9.17, 15) is 9.59 Å². The van der Waals surface area contributed by atoms with Crippen LogP contribution in [0.25, 0.3) is 10.9 Å². The number of H-pyrrole nitrogens is 1. The number of hydrogen-bond donors (Lipinski definition) is 2. The summed E-state index contributed by atoms with van der Waals surface area (Å²) in [5, 5.41) is 4.21. The molecule has 1 saturated heterocycles. The number of fused-ring (bicyclic) bond motifs is 2. The Morgan fingerprint density at radius 3 is 2.61 bits per heavy atom. The third-order valence-electron chi connectivity index (χ3n) is 6.23. The van der Waals surface area contributed by atoms with E-state index in [0.717, 1.165) is 11.9 Å². The molecule has 1 fully saturated rings. The maximum atomic E-state index is 12.9. The topological polar surface area (TPSA) is 86.9 Å². The number of carbonyl (C=O) groups excluding carboxylic acids is 2. The van der Waals surface area contributed by atoms with Crippen molar-refractivity contribution in [3.8, 4) is 11.5 Å². The summed E-state index contributed by atoms with van der Waals surface area (Å²) in [4.78, 5) is 32.4. The molecule has 8 nitrogen and oxygen atoms in total. The maximum absolute atomic E-state index is 12.9. The Morgan fingerprint density at radius 1 is 1.00 bits per heavy atom. The first-order valence-electron chi connectivity index (χ1n) is 11.4. The van der Waals surface area contributed by atoms with Crippen LogP contribution < -0.4 is 14.8 Å². The summed E-state index contributed by atoms with van der Waals surface area (Å²) in [6.07, 6.45) is 2.16. The highest BCUT2D eigenvalue weighted by atomic mass is 16.6. The van der Waals surface area contributed by atoms with Crippen LogP contribution in [0.15, 0.2) is 54.7 Å². The first-order chi connectivity index (χ1) is 16.2. The number of carbonyl (C=O) groups is 2. The van der Waals surface area contributed by atoms with Gasteiger partial charge < -0.3 is 24.7 Å². The minimum absolute atomic E-state index is 0.00948. The number of para-hydroxylation sites is 3. The largest absolute Gasteiger partial charge is 0.485 e. The number of ether oxygens (including phenoxy) is 2. The average molecular weight is 449 g/mol. The van der Waals surface area contributed by atoms with Crippen LogP contribution in [0.2, 0.25) is 0 Å². The summed E-state index contributed by atoms with van der Waals surface area (Å²) < 4.78 is 11.5. The van der Waals surface area contributed by atoms with Gasteiger partial charge in [-0.15, -0.1) is 0 Å². The molecular formula is C25H28N4O4. The fourth-order valence-electron chi connectivity index (χ4n) is 4.41. The quantitative estimate of drug-likeness (QED) is 0.601. The first-order valence-corrected chi connectivity index (χ1v) is 11.4. The molecule has 0 aliphatic carbocycles. The van der Waals surface area contributed by atoms with E-state index < -0.39 is 6.10 Å². The molecule has 2 aromatic carbocycles. The lowest BCUT2D eigenvalue weighted by Gasteiger charge is -2.36. The van der Waals surface area contributed by atoms with Crippen molar-refractivity contribution in [2.24, 2.45) is 0 Å². The zero-order valence-electron chi connectivity index (χ0n) is 18.5. The van der Waals surface area contributed by atoms with Crippen LogP contribution in [-0.4, -0.2) is 78.6 Å². The van der Waals surface area contributed by atoms with Gasteiger partial charge in [0.2, 0.25) is 12.0 Å². The number of piperazine rings is 1. The van der Waals surface area contributed by atoms with Crippen LogP contribution in [0.5, 0.6) is 11.5 Å². The van der Waals surface area contributed by atoms with Crippen LogP contribution >= 0.6 is 0 Å². The van der Waals surface area contributed by atoms with Gasteiger partial charge in [-0.05, 0) is 30.2 Å². The summed E-state index contributed by atoms with van der Waals surface area (Å²) in [6.45, 7) is 3.62. The van der Waals surface area contributed by atoms with Crippen molar-refractivity contribution in [1.82, 2.24) is 20.1 Å². The molecule has 1 atom stereocenters. The third-order valence-corrected chi connectivity index (χ3v) is 6.23. The number of nitrogens with one attached hydrogen (secondary N) is 2. The van der Waals surface area contributed by atoms with Gasteiger partial charge in [0.1, 0.15) is 6.61 Å². The average Bonchev–Trinajstić information content (AvgIpc) is 3.27. The van der Waals surface area contributed by atoms with Gasteiger partial charge in [0.05, 0.1) is 6.54 Å². The van der Waals surface area contributed by atoms with Crippen molar-refractivity contribution >= 4 is 22.7 Å². The molecule has 1 unspecified atom stereocenters. The molecule has 3 heterocycles. The summed E-state index contributed by atoms with van der Waals surface area (Å²) in [6, 6.07) is 15.5. The second-order valence-corrected chi connectivity index (χ2v) is 8.43. The number of rotatable bonds is 6. The summed E-state index contributed by atoms with van der Waals surface area (Å²) >= 11 is 0. The monoisotopic (exact) mass is 448 g/mol. The number of nitrogens with zero attached hydrogens (tertiary/aromatic N) is 2. The van der Waals surface area contributed by atoms with Gasteiger partial charge in [-0.1, -0.05) is 30.3 Å². The van der Waals surface area contributed by atoms with Gasteiger partial charge in [0, 0.05) is 49.8 Å². The molecular weight excluding hydrogens is 420 g/mol. The normalized spacial score (nSPS) is 18.3. The molecule has 2 N–H and O–H groups in total. The van der Waals surface area contributed by atoms with Gasteiger partial charge in [0.25, 0.3) is 5.91 Å². The Labute approximate surface area is 192 Å². The molecule has 1 aromatic heterocycles. The Bertz CT molecular complexity index is 1140. The van der Waals surface area contributed by atoms with E-state index in [1.165, 1.54) is 10.9 Å². The summed E-state index contributed by atoms with van der Waals surface area (Å²) in [5.74, 6) is 1.22. The van der Waals surface area contributed by atoms with Crippen molar-refractivity contribution in [3.05, 3.63) is 60.3 Å². The molecule has 0 radical (unpaired) electrons. The zero-order chi connectivity index (χ0) is 22.6. The molecule has 172 valence electrons. The van der Waals surface area contributed by atoms with Gasteiger partial charge >= 0.3 is 0 Å². The van der Waals surface area contributed by atoms with Crippen molar-refractivity contribution in [2.75, 3.05) is 45.9 Å². The molecule has 33 heavy (non-hydrogen) atoms. The second-order valence-electron chi connectivity index (χ2n) is 8.43. The van der Waals surface area contributed by atoms with Gasteiger partial charge in [-0.25, -0.2) is 0 Å². The minimum Gasteiger partial charge on any atom is -0.485 e. The first kappa shape index (κ1) is 21.3. The SMILES string of the molecule is O=C(CN1CCN(C(=O)C2COc3ccccc3O2)CC1)NCCc1c[nH]c2ccccc12. The van der Waals surface area contributed by atoms with Gasteiger partial charge in [0.15, 0.2) is 11.5 Å². The number of hydrogen-bond acceptors (Lipinski definition) is 5. The molecule has 2 amide bonds. The molecule has 8 heteroatoms. The lowest BCUT2D eigenvalue weighted by Crippen LogP contribution is -2.55. The van der Waals surface area contributed by atoms with E-state index in [-0.39, 0.29) is 18.4 Å².